The molecule has 1 N–H and O–H groups in total. The van der Waals surface area contributed by atoms with Crippen LogP contribution in [-0.4, -0.2) is 33.4 Å². The van der Waals surface area contributed by atoms with Gasteiger partial charge in [-0.25, -0.2) is 0 Å². The summed E-state index contributed by atoms with van der Waals surface area (Å²) in [7, 11) is 1.97. The van der Waals surface area contributed by atoms with Crippen molar-refractivity contribution in [3.05, 3.63) is 30.3 Å². The summed E-state index contributed by atoms with van der Waals surface area (Å²) in [6.45, 7) is 3.16. The third-order valence-corrected chi connectivity index (χ3v) is 2.21. The first kappa shape index (κ1) is 13.0. The molecule has 1 aromatic rings. The van der Waals surface area contributed by atoms with Crippen molar-refractivity contribution in [1.29, 1.82) is 0 Å². The van der Waals surface area contributed by atoms with Gasteiger partial charge in [-0.2, -0.15) is 0 Å². The van der Waals surface area contributed by atoms with Crippen LogP contribution in [0, 0.1) is 0 Å². The predicted molar refractivity (Wildman–Crippen MR) is 65.9 cm³/mol. The molecule has 0 unspecified atom stereocenters. The largest absolute Gasteiger partial charge is 0.491 e. The average Bonchev–Trinajstić information content (AvgIpc) is 2.34. The SMILES string of the molecule is CNCCCCOCCOc1ccccc1. The quantitative estimate of drug-likeness (QED) is 0.650. The lowest BCUT2D eigenvalue weighted by atomic mass is 10.3. The molecule has 0 heterocycles. The second-order valence-electron chi connectivity index (χ2n) is 3.58. The van der Waals surface area contributed by atoms with Crippen LogP contribution in [0.3, 0.4) is 0 Å². The van der Waals surface area contributed by atoms with E-state index in [4.69, 9.17) is 9.47 Å². The molecule has 0 aromatic heterocycles. The van der Waals surface area contributed by atoms with E-state index in [-0.39, 0.29) is 0 Å². The molecule has 0 aliphatic carbocycles. The van der Waals surface area contributed by atoms with Gasteiger partial charge in [-0.15, -0.1) is 0 Å². The molecule has 16 heavy (non-hydrogen) atoms. The molecule has 0 radical (unpaired) electrons. The van der Waals surface area contributed by atoms with E-state index in [1.54, 1.807) is 0 Å². The minimum atomic E-state index is 0.621. The zero-order chi connectivity index (χ0) is 11.5. The number of hydrogen-bond donors (Lipinski definition) is 1. The van der Waals surface area contributed by atoms with E-state index >= 15 is 0 Å². The average molecular weight is 223 g/mol. The fraction of sp³-hybridized carbons (Fsp3) is 0.538. The summed E-state index contributed by atoms with van der Waals surface area (Å²) in [4.78, 5) is 0. The highest BCUT2D eigenvalue weighted by Crippen LogP contribution is 2.07. The fourth-order valence-electron chi connectivity index (χ4n) is 1.34. The van der Waals surface area contributed by atoms with Gasteiger partial charge in [-0.3, -0.25) is 0 Å². The van der Waals surface area contributed by atoms with E-state index < -0.39 is 0 Å². The summed E-state index contributed by atoms with van der Waals surface area (Å²) >= 11 is 0. The molecule has 0 atom stereocenters. The Morgan fingerprint density at radius 1 is 1.00 bits per heavy atom. The third kappa shape index (κ3) is 6.43. The second-order valence-corrected chi connectivity index (χ2v) is 3.58. The Bertz CT molecular complexity index is 251. The number of rotatable bonds is 9. The Morgan fingerprint density at radius 2 is 1.81 bits per heavy atom. The van der Waals surface area contributed by atoms with Crippen LogP contribution in [0.5, 0.6) is 5.75 Å². The summed E-state index contributed by atoms with van der Waals surface area (Å²) < 4.78 is 10.9. The van der Waals surface area contributed by atoms with E-state index in [1.165, 1.54) is 0 Å². The third-order valence-electron chi connectivity index (χ3n) is 2.21. The van der Waals surface area contributed by atoms with Gasteiger partial charge in [0.2, 0.25) is 0 Å². The van der Waals surface area contributed by atoms with Gasteiger partial charge in [0, 0.05) is 6.61 Å². The molecule has 0 amide bonds. The molecule has 0 saturated heterocycles. The molecule has 0 aliphatic rings. The summed E-state index contributed by atoms with van der Waals surface area (Å²) in [6.07, 6.45) is 2.27. The molecule has 1 rings (SSSR count). The monoisotopic (exact) mass is 223 g/mol. The molecular weight excluding hydrogens is 202 g/mol. The zero-order valence-electron chi connectivity index (χ0n) is 9.95. The number of benzene rings is 1. The van der Waals surface area contributed by atoms with Gasteiger partial charge >= 0.3 is 0 Å². The summed E-state index contributed by atoms with van der Waals surface area (Å²) in [5.41, 5.74) is 0. The number of nitrogens with one attached hydrogen (secondary N) is 1. The van der Waals surface area contributed by atoms with Gasteiger partial charge in [0.25, 0.3) is 0 Å². The van der Waals surface area contributed by atoms with Crippen molar-refractivity contribution in [2.24, 2.45) is 0 Å². The maximum atomic E-state index is 5.50. The van der Waals surface area contributed by atoms with Gasteiger partial charge < -0.3 is 14.8 Å². The molecule has 0 bridgehead atoms. The van der Waals surface area contributed by atoms with Crippen LogP contribution in [0.15, 0.2) is 30.3 Å². The summed E-state index contributed by atoms with van der Waals surface area (Å²) in [5, 5.41) is 3.11. The number of ether oxygens (including phenoxy) is 2. The highest BCUT2D eigenvalue weighted by atomic mass is 16.5. The van der Waals surface area contributed by atoms with E-state index in [0.29, 0.717) is 13.2 Å². The molecule has 3 heteroatoms. The van der Waals surface area contributed by atoms with Crippen molar-refractivity contribution in [1.82, 2.24) is 5.32 Å². The molecule has 1 aromatic carbocycles. The number of para-hydroxylation sites is 1. The molecule has 0 saturated carbocycles. The highest BCUT2D eigenvalue weighted by Gasteiger charge is 1.92. The summed E-state index contributed by atoms with van der Waals surface area (Å²) in [6, 6.07) is 9.81. The lowest BCUT2D eigenvalue weighted by Gasteiger charge is -2.06. The van der Waals surface area contributed by atoms with Crippen molar-refractivity contribution >= 4 is 0 Å². The Hall–Kier alpha value is -1.06. The topological polar surface area (TPSA) is 30.5 Å². The Kier molecular flexibility index (Phi) is 7.47. The van der Waals surface area contributed by atoms with Crippen LogP contribution in [0.4, 0.5) is 0 Å². The first-order chi connectivity index (χ1) is 7.93. The van der Waals surface area contributed by atoms with Crippen molar-refractivity contribution in [2.45, 2.75) is 12.8 Å². The van der Waals surface area contributed by atoms with Crippen LogP contribution in [0.1, 0.15) is 12.8 Å². The second kappa shape index (κ2) is 9.19. The lowest BCUT2D eigenvalue weighted by molar-refractivity contribution is 0.0975. The van der Waals surface area contributed by atoms with Crippen molar-refractivity contribution in [3.63, 3.8) is 0 Å². The highest BCUT2D eigenvalue weighted by molar-refractivity contribution is 5.20. The minimum Gasteiger partial charge on any atom is -0.491 e. The van der Waals surface area contributed by atoms with Crippen molar-refractivity contribution in [3.8, 4) is 5.75 Å². The predicted octanol–water partition coefficient (Wildman–Crippen LogP) is 2.08. The van der Waals surface area contributed by atoms with Crippen LogP contribution < -0.4 is 10.1 Å². The van der Waals surface area contributed by atoms with E-state index in [0.717, 1.165) is 31.7 Å². The van der Waals surface area contributed by atoms with Crippen LogP contribution in [0.25, 0.3) is 0 Å². The van der Waals surface area contributed by atoms with E-state index in [2.05, 4.69) is 5.32 Å². The maximum Gasteiger partial charge on any atom is 0.119 e. The molecule has 90 valence electrons. The smallest absolute Gasteiger partial charge is 0.119 e. The lowest BCUT2D eigenvalue weighted by Crippen LogP contribution is -2.10. The van der Waals surface area contributed by atoms with Gasteiger partial charge in [0.05, 0.1) is 6.61 Å². The Balaban J connectivity index is 1.89. The van der Waals surface area contributed by atoms with E-state index in [9.17, 15) is 0 Å². The fourth-order valence-corrected chi connectivity index (χ4v) is 1.34. The van der Waals surface area contributed by atoms with Gasteiger partial charge in [0.15, 0.2) is 0 Å². The normalized spacial score (nSPS) is 10.3. The van der Waals surface area contributed by atoms with Crippen LogP contribution in [0.2, 0.25) is 0 Å². The first-order valence-electron chi connectivity index (χ1n) is 5.83. The molecule has 0 fully saturated rings. The molecule has 0 aliphatic heterocycles. The van der Waals surface area contributed by atoms with E-state index in [1.807, 2.05) is 37.4 Å². The van der Waals surface area contributed by atoms with Crippen LogP contribution in [-0.2, 0) is 4.74 Å². The van der Waals surface area contributed by atoms with Crippen LogP contribution >= 0.6 is 0 Å². The Morgan fingerprint density at radius 3 is 2.56 bits per heavy atom. The van der Waals surface area contributed by atoms with Crippen molar-refractivity contribution < 1.29 is 9.47 Å². The van der Waals surface area contributed by atoms with Gasteiger partial charge in [0.1, 0.15) is 12.4 Å². The Labute approximate surface area is 97.8 Å². The van der Waals surface area contributed by atoms with Gasteiger partial charge in [-0.05, 0) is 38.6 Å². The van der Waals surface area contributed by atoms with Gasteiger partial charge in [-0.1, -0.05) is 18.2 Å². The molecule has 0 spiro atoms. The maximum absolute atomic E-state index is 5.50. The molecule has 3 nitrogen and oxygen atoms in total. The number of unbranched alkanes of at least 4 members (excludes halogenated alkanes) is 1. The zero-order valence-corrected chi connectivity index (χ0v) is 9.95. The molecular formula is C13H21NO2. The number of hydrogen-bond acceptors (Lipinski definition) is 3. The standard InChI is InChI=1S/C13H21NO2/c1-14-9-5-6-10-15-11-12-16-13-7-3-2-4-8-13/h2-4,7-8,14H,5-6,9-12H2,1H3. The summed E-state index contributed by atoms with van der Waals surface area (Å²) in [5.74, 6) is 0.904. The first-order valence-corrected chi connectivity index (χ1v) is 5.83. The van der Waals surface area contributed by atoms with Crippen molar-refractivity contribution in [2.75, 3.05) is 33.4 Å². The minimum absolute atomic E-state index is 0.621.